The minimum Gasteiger partial charge on any atom is -0.374 e. The summed E-state index contributed by atoms with van der Waals surface area (Å²) in [6, 6.07) is 0. The lowest BCUT2D eigenvalue weighted by Crippen LogP contribution is -2.00. The summed E-state index contributed by atoms with van der Waals surface area (Å²) in [7, 11) is 1.67. The quantitative estimate of drug-likeness (QED) is 0.684. The predicted molar refractivity (Wildman–Crippen MR) is 52.2 cm³/mol. The second-order valence-corrected chi connectivity index (χ2v) is 3.63. The molecule has 0 spiro atoms. The van der Waals surface area contributed by atoms with Crippen LogP contribution in [0.15, 0.2) is 5.38 Å². The Morgan fingerprint density at radius 1 is 1.77 bits per heavy atom. The summed E-state index contributed by atoms with van der Waals surface area (Å²) >= 11 is 1.48. The molecule has 4 heteroatoms. The Morgan fingerprint density at radius 3 is 3.00 bits per heavy atom. The zero-order valence-electron chi connectivity index (χ0n) is 7.82. The summed E-state index contributed by atoms with van der Waals surface area (Å²) in [4.78, 5) is 14.5. The molecule has 0 aliphatic heterocycles. The van der Waals surface area contributed by atoms with E-state index in [9.17, 15) is 4.79 Å². The van der Waals surface area contributed by atoms with E-state index in [1.807, 2.05) is 0 Å². The average molecular weight is 199 g/mol. The standard InChI is InChI=1S/C9H13NO2S/c1-3-4-8(12-2)9-10-7(5-11)6-13-9/h5-6,8H,3-4H2,1-2H3. The highest BCUT2D eigenvalue weighted by Crippen LogP contribution is 2.24. The van der Waals surface area contributed by atoms with Gasteiger partial charge in [-0.05, 0) is 6.42 Å². The lowest BCUT2D eigenvalue weighted by atomic mass is 10.2. The second kappa shape index (κ2) is 5.09. The molecule has 0 amide bonds. The van der Waals surface area contributed by atoms with Gasteiger partial charge in [-0.25, -0.2) is 4.98 Å². The Balaban J connectivity index is 2.72. The van der Waals surface area contributed by atoms with Crippen LogP contribution in [-0.2, 0) is 4.74 Å². The first-order valence-corrected chi connectivity index (χ1v) is 5.13. The number of rotatable bonds is 5. The van der Waals surface area contributed by atoms with Crippen LogP contribution in [0, 0.1) is 0 Å². The molecule has 0 bridgehead atoms. The summed E-state index contributed by atoms with van der Waals surface area (Å²) in [5, 5.41) is 2.65. The van der Waals surface area contributed by atoms with Crippen molar-refractivity contribution in [3.05, 3.63) is 16.1 Å². The molecule has 1 rings (SSSR count). The van der Waals surface area contributed by atoms with E-state index < -0.39 is 0 Å². The zero-order valence-corrected chi connectivity index (χ0v) is 8.63. The first kappa shape index (κ1) is 10.3. The smallest absolute Gasteiger partial charge is 0.169 e. The Kier molecular flexibility index (Phi) is 4.05. The average Bonchev–Trinajstić information content (AvgIpc) is 2.62. The fourth-order valence-corrected chi connectivity index (χ4v) is 1.98. The van der Waals surface area contributed by atoms with Crippen molar-refractivity contribution in [1.29, 1.82) is 0 Å². The van der Waals surface area contributed by atoms with Crippen LogP contribution in [0.4, 0.5) is 0 Å². The number of carbonyl (C=O) groups excluding carboxylic acids is 1. The van der Waals surface area contributed by atoms with Crippen molar-refractivity contribution in [2.75, 3.05) is 7.11 Å². The van der Waals surface area contributed by atoms with Gasteiger partial charge in [-0.1, -0.05) is 13.3 Å². The molecule has 0 saturated carbocycles. The highest BCUT2D eigenvalue weighted by Gasteiger charge is 2.13. The Bertz CT molecular complexity index is 272. The van der Waals surface area contributed by atoms with Gasteiger partial charge in [-0.2, -0.15) is 0 Å². The van der Waals surface area contributed by atoms with Crippen molar-refractivity contribution in [3.8, 4) is 0 Å². The van der Waals surface area contributed by atoms with Crippen molar-refractivity contribution in [3.63, 3.8) is 0 Å². The molecule has 0 saturated heterocycles. The van der Waals surface area contributed by atoms with E-state index in [0.717, 1.165) is 24.1 Å². The molecular weight excluding hydrogens is 186 g/mol. The molecule has 0 N–H and O–H groups in total. The van der Waals surface area contributed by atoms with Crippen LogP contribution < -0.4 is 0 Å². The van der Waals surface area contributed by atoms with E-state index in [4.69, 9.17) is 4.74 Å². The topological polar surface area (TPSA) is 39.2 Å². The number of methoxy groups -OCH3 is 1. The third-order valence-electron chi connectivity index (χ3n) is 1.77. The third kappa shape index (κ3) is 2.60. The molecule has 0 aromatic carbocycles. The van der Waals surface area contributed by atoms with Gasteiger partial charge >= 0.3 is 0 Å². The van der Waals surface area contributed by atoms with Gasteiger partial charge in [0.1, 0.15) is 16.8 Å². The van der Waals surface area contributed by atoms with Gasteiger partial charge < -0.3 is 4.74 Å². The highest BCUT2D eigenvalue weighted by molar-refractivity contribution is 7.09. The Morgan fingerprint density at radius 2 is 2.54 bits per heavy atom. The number of aldehydes is 1. The lowest BCUT2D eigenvalue weighted by molar-refractivity contribution is 0.0944. The number of thiazole rings is 1. The van der Waals surface area contributed by atoms with Crippen LogP contribution in [0.25, 0.3) is 0 Å². The van der Waals surface area contributed by atoms with Crippen molar-refractivity contribution in [2.24, 2.45) is 0 Å². The maximum Gasteiger partial charge on any atom is 0.169 e. The second-order valence-electron chi connectivity index (χ2n) is 2.74. The van der Waals surface area contributed by atoms with E-state index >= 15 is 0 Å². The van der Waals surface area contributed by atoms with Gasteiger partial charge in [-0.15, -0.1) is 11.3 Å². The molecule has 1 heterocycles. The SMILES string of the molecule is CCCC(OC)c1nc(C=O)cs1. The van der Waals surface area contributed by atoms with Crippen molar-refractivity contribution in [1.82, 2.24) is 4.98 Å². The van der Waals surface area contributed by atoms with Gasteiger partial charge in [0.25, 0.3) is 0 Å². The molecule has 1 atom stereocenters. The van der Waals surface area contributed by atoms with Crippen molar-refractivity contribution in [2.45, 2.75) is 25.9 Å². The summed E-state index contributed by atoms with van der Waals surface area (Å²) in [6.45, 7) is 2.10. The summed E-state index contributed by atoms with van der Waals surface area (Å²) < 4.78 is 5.27. The molecule has 0 aliphatic rings. The fraction of sp³-hybridized carbons (Fsp3) is 0.556. The van der Waals surface area contributed by atoms with Crippen LogP contribution >= 0.6 is 11.3 Å². The first-order valence-electron chi connectivity index (χ1n) is 4.25. The van der Waals surface area contributed by atoms with Crippen LogP contribution in [0.1, 0.15) is 41.4 Å². The van der Waals surface area contributed by atoms with Crippen LogP contribution in [0.3, 0.4) is 0 Å². The number of carbonyl (C=O) groups is 1. The monoisotopic (exact) mass is 199 g/mol. The molecule has 0 fully saturated rings. The molecule has 0 aliphatic carbocycles. The minimum absolute atomic E-state index is 0.0451. The molecule has 1 unspecified atom stereocenters. The normalized spacial score (nSPS) is 12.8. The zero-order chi connectivity index (χ0) is 9.68. The van der Waals surface area contributed by atoms with E-state index in [1.165, 1.54) is 11.3 Å². The van der Waals surface area contributed by atoms with Gasteiger partial charge in [0.2, 0.25) is 0 Å². The fourth-order valence-electron chi connectivity index (χ4n) is 1.11. The summed E-state index contributed by atoms with van der Waals surface area (Å²) in [6.07, 6.45) is 2.80. The summed E-state index contributed by atoms with van der Waals surface area (Å²) in [5.74, 6) is 0. The van der Waals surface area contributed by atoms with Crippen LogP contribution in [0.2, 0.25) is 0 Å². The third-order valence-corrected chi connectivity index (χ3v) is 2.73. The molecular formula is C9H13NO2S. The van der Waals surface area contributed by atoms with Crippen molar-refractivity contribution < 1.29 is 9.53 Å². The molecule has 72 valence electrons. The summed E-state index contributed by atoms with van der Waals surface area (Å²) in [5.41, 5.74) is 0.498. The largest absolute Gasteiger partial charge is 0.374 e. The molecule has 13 heavy (non-hydrogen) atoms. The van der Waals surface area contributed by atoms with Crippen molar-refractivity contribution >= 4 is 17.6 Å². The van der Waals surface area contributed by atoms with Crippen LogP contribution in [-0.4, -0.2) is 18.4 Å². The Hall–Kier alpha value is -0.740. The molecule has 0 radical (unpaired) electrons. The predicted octanol–water partition coefficient (Wildman–Crippen LogP) is 2.44. The number of nitrogens with zero attached hydrogens (tertiary/aromatic N) is 1. The molecule has 1 aromatic heterocycles. The number of hydrogen-bond donors (Lipinski definition) is 0. The van der Waals surface area contributed by atoms with Gasteiger partial charge in [0, 0.05) is 12.5 Å². The number of hydrogen-bond acceptors (Lipinski definition) is 4. The van der Waals surface area contributed by atoms with Gasteiger partial charge in [-0.3, -0.25) is 4.79 Å². The lowest BCUT2D eigenvalue weighted by Gasteiger charge is -2.09. The number of aromatic nitrogens is 1. The van der Waals surface area contributed by atoms with E-state index in [0.29, 0.717) is 5.69 Å². The molecule has 1 aromatic rings. The Labute approximate surface area is 81.8 Å². The van der Waals surface area contributed by atoms with E-state index in [2.05, 4.69) is 11.9 Å². The van der Waals surface area contributed by atoms with E-state index in [1.54, 1.807) is 12.5 Å². The first-order chi connectivity index (χ1) is 6.31. The van der Waals surface area contributed by atoms with Crippen LogP contribution in [0.5, 0.6) is 0 Å². The van der Waals surface area contributed by atoms with Gasteiger partial charge in [0.15, 0.2) is 6.29 Å². The maximum atomic E-state index is 10.4. The minimum atomic E-state index is 0.0451. The number of ether oxygens (including phenoxy) is 1. The highest BCUT2D eigenvalue weighted by atomic mass is 32.1. The maximum absolute atomic E-state index is 10.4. The molecule has 3 nitrogen and oxygen atoms in total. The van der Waals surface area contributed by atoms with Gasteiger partial charge in [0.05, 0.1) is 0 Å². The van der Waals surface area contributed by atoms with E-state index in [-0.39, 0.29) is 6.10 Å².